The molecule has 0 aliphatic heterocycles. The summed E-state index contributed by atoms with van der Waals surface area (Å²) in [6.07, 6.45) is 0. The molecule has 0 saturated heterocycles. The predicted molar refractivity (Wildman–Crippen MR) is 58.3 cm³/mol. The lowest BCUT2D eigenvalue weighted by Crippen LogP contribution is -2.15. The Kier molecular flexibility index (Phi) is 1.81. The highest BCUT2D eigenvalue weighted by Crippen LogP contribution is 2.14. The summed E-state index contributed by atoms with van der Waals surface area (Å²) in [5.41, 5.74) is 7.72. The summed E-state index contributed by atoms with van der Waals surface area (Å²) in [4.78, 5) is 11.8. The van der Waals surface area contributed by atoms with E-state index in [1.807, 2.05) is 36.7 Å². The number of pyridine rings is 1. The predicted octanol–water partition coefficient (Wildman–Crippen LogP) is 1.43. The lowest BCUT2D eigenvalue weighted by atomic mass is 10.1. The lowest BCUT2D eigenvalue weighted by Gasteiger charge is -2.10. The minimum atomic E-state index is -0.0730. The third kappa shape index (κ3) is 1.02. The summed E-state index contributed by atoms with van der Waals surface area (Å²) in [7, 11) is 1.91. The minimum Gasteiger partial charge on any atom is -0.394 e. The van der Waals surface area contributed by atoms with E-state index in [0.717, 1.165) is 11.2 Å². The highest BCUT2D eigenvalue weighted by molar-refractivity contribution is 5.82. The van der Waals surface area contributed by atoms with E-state index in [0.29, 0.717) is 11.1 Å². The SMILES string of the molecule is Cc1c(N)c(=O)c2ccccc2n1C. The molecule has 3 heteroatoms. The van der Waals surface area contributed by atoms with Gasteiger partial charge in [0.2, 0.25) is 5.43 Å². The number of nitrogens with zero attached hydrogens (tertiary/aromatic N) is 1. The number of benzene rings is 1. The van der Waals surface area contributed by atoms with E-state index in [1.54, 1.807) is 6.07 Å². The maximum atomic E-state index is 11.8. The number of nitrogens with two attached hydrogens (primary N) is 1. The van der Waals surface area contributed by atoms with Crippen LogP contribution >= 0.6 is 0 Å². The van der Waals surface area contributed by atoms with E-state index >= 15 is 0 Å². The van der Waals surface area contributed by atoms with Gasteiger partial charge in [0.1, 0.15) is 0 Å². The van der Waals surface area contributed by atoms with Crippen LogP contribution in [0.4, 0.5) is 5.69 Å². The summed E-state index contributed by atoms with van der Waals surface area (Å²) in [6.45, 7) is 1.85. The third-order valence-corrected chi connectivity index (χ3v) is 2.65. The average molecular weight is 188 g/mol. The third-order valence-electron chi connectivity index (χ3n) is 2.65. The van der Waals surface area contributed by atoms with E-state index in [1.165, 1.54) is 0 Å². The van der Waals surface area contributed by atoms with Crippen molar-refractivity contribution in [3.8, 4) is 0 Å². The Bertz CT molecular complexity index is 555. The number of aromatic nitrogens is 1. The molecule has 0 radical (unpaired) electrons. The summed E-state index contributed by atoms with van der Waals surface area (Å²) in [5, 5.41) is 0.679. The molecule has 0 bridgehead atoms. The molecular weight excluding hydrogens is 176 g/mol. The van der Waals surface area contributed by atoms with Gasteiger partial charge in [-0.05, 0) is 19.1 Å². The van der Waals surface area contributed by atoms with Gasteiger partial charge in [0.15, 0.2) is 0 Å². The zero-order valence-electron chi connectivity index (χ0n) is 8.24. The minimum absolute atomic E-state index is 0.0730. The molecule has 0 unspecified atom stereocenters. The summed E-state index contributed by atoms with van der Waals surface area (Å²) in [6, 6.07) is 7.48. The molecule has 1 heterocycles. The van der Waals surface area contributed by atoms with Crippen LogP contribution in [0.5, 0.6) is 0 Å². The van der Waals surface area contributed by atoms with Crippen molar-refractivity contribution in [3.05, 3.63) is 40.2 Å². The Hall–Kier alpha value is -1.77. The molecule has 3 nitrogen and oxygen atoms in total. The van der Waals surface area contributed by atoms with Crippen molar-refractivity contribution in [2.24, 2.45) is 7.05 Å². The molecule has 0 saturated carbocycles. The Morgan fingerprint density at radius 2 is 1.93 bits per heavy atom. The van der Waals surface area contributed by atoms with Crippen molar-refractivity contribution in [3.63, 3.8) is 0 Å². The van der Waals surface area contributed by atoms with E-state index in [9.17, 15) is 4.79 Å². The number of hydrogen-bond acceptors (Lipinski definition) is 2. The van der Waals surface area contributed by atoms with Crippen LogP contribution in [0.2, 0.25) is 0 Å². The molecule has 2 N–H and O–H groups in total. The number of hydrogen-bond donors (Lipinski definition) is 1. The first-order chi connectivity index (χ1) is 6.63. The van der Waals surface area contributed by atoms with Gasteiger partial charge >= 0.3 is 0 Å². The van der Waals surface area contributed by atoms with Gasteiger partial charge in [-0.2, -0.15) is 0 Å². The molecular formula is C11H12N2O. The van der Waals surface area contributed by atoms with E-state index < -0.39 is 0 Å². The highest BCUT2D eigenvalue weighted by Gasteiger charge is 2.07. The van der Waals surface area contributed by atoms with Crippen molar-refractivity contribution < 1.29 is 0 Å². The van der Waals surface area contributed by atoms with Gasteiger partial charge in [-0.25, -0.2) is 0 Å². The van der Waals surface area contributed by atoms with Gasteiger partial charge in [0, 0.05) is 18.1 Å². The fraction of sp³-hybridized carbons (Fsp3) is 0.182. The quantitative estimate of drug-likeness (QED) is 0.679. The van der Waals surface area contributed by atoms with Gasteiger partial charge in [0.25, 0.3) is 0 Å². The van der Waals surface area contributed by atoms with E-state index in [2.05, 4.69) is 0 Å². The van der Waals surface area contributed by atoms with Gasteiger partial charge in [0.05, 0.1) is 11.2 Å². The van der Waals surface area contributed by atoms with Crippen molar-refractivity contribution in [2.45, 2.75) is 6.92 Å². The molecule has 0 amide bonds. The first kappa shape index (κ1) is 8.81. The molecule has 0 fully saturated rings. The van der Waals surface area contributed by atoms with Crippen LogP contribution in [0, 0.1) is 6.92 Å². The Morgan fingerprint density at radius 3 is 2.64 bits per heavy atom. The van der Waals surface area contributed by atoms with E-state index in [-0.39, 0.29) is 5.43 Å². The van der Waals surface area contributed by atoms with Crippen LogP contribution in [0.3, 0.4) is 0 Å². The van der Waals surface area contributed by atoms with Crippen molar-refractivity contribution in [2.75, 3.05) is 5.73 Å². The second kappa shape index (κ2) is 2.87. The number of aryl methyl sites for hydroxylation is 1. The lowest BCUT2D eigenvalue weighted by molar-refractivity contribution is 0.902. The van der Waals surface area contributed by atoms with Gasteiger partial charge in [-0.1, -0.05) is 12.1 Å². The Balaban J connectivity index is 3.10. The van der Waals surface area contributed by atoms with Crippen LogP contribution < -0.4 is 11.2 Å². The summed E-state index contributed by atoms with van der Waals surface area (Å²) in [5.74, 6) is 0. The first-order valence-corrected chi connectivity index (χ1v) is 4.46. The molecule has 14 heavy (non-hydrogen) atoms. The monoisotopic (exact) mass is 188 g/mol. The maximum absolute atomic E-state index is 11.8. The molecule has 0 atom stereocenters. The number of para-hydroxylation sites is 1. The molecule has 2 rings (SSSR count). The average Bonchev–Trinajstić information content (AvgIpc) is 2.23. The fourth-order valence-corrected chi connectivity index (χ4v) is 1.63. The van der Waals surface area contributed by atoms with Crippen molar-refractivity contribution >= 4 is 16.6 Å². The van der Waals surface area contributed by atoms with E-state index in [4.69, 9.17) is 5.73 Å². The number of fused-ring (bicyclic) bond motifs is 1. The Labute approximate surface area is 81.8 Å². The molecule has 0 aliphatic carbocycles. The topological polar surface area (TPSA) is 48.0 Å². The summed E-state index contributed by atoms with van der Waals surface area (Å²) >= 11 is 0. The second-order valence-corrected chi connectivity index (χ2v) is 3.40. The molecule has 72 valence electrons. The molecule has 1 aromatic carbocycles. The normalized spacial score (nSPS) is 10.7. The maximum Gasteiger partial charge on any atom is 0.212 e. The number of rotatable bonds is 0. The zero-order chi connectivity index (χ0) is 10.3. The van der Waals surface area contributed by atoms with Crippen LogP contribution in [-0.4, -0.2) is 4.57 Å². The molecule has 2 aromatic rings. The number of nitrogen functional groups attached to an aromatic ring is 1. The van der Waals surface area contributed by atoms with Crippen molar-refractivity contribution in [1.82, 2.24) is 4.57 Å². The summed E-state index contributed by atoms with van der Waals surface area (Å²) < 4.78 is 1.94. The van der Waals surface area contributed by atoms with Crippen LogP contribution in [-0.2, 0) is 7.05 Å². The van der Waals surface area contributed by atoms with Crippen LogP contribution in [0.25, 0.3) is 10.9 Å². The van der Waals surface area contributed by atoms with Gasteiger partial charge in [-0.15, -0.1) is 0 Å². The number of anilines is 1. The Morgan fingerprint density at radius 1 is 1.29 bits per heavy atom. The smallest absolute Gasteiger partial charge is 0.212 e. The molecule has 0 spiro atoms. The van der Waals surface area contributed by atoms with Gasteiger partial charge < -0.3 is 10.3 Å². The highest BCUT2D eigenvalue weighted by atomic mass is 16.1. The van der Waals surface area contributed by atoms with Crippen molar-refractivity contribution in [1.29, 1.82) is 0 Å². The van der Waals surface area contributed by atoms with Gasteiger partial charge in [-0.3, -0.25) is 4.79 Å². The second-order valence-electron chi connectivity index (χ2n) is 3.40. The molecule has 1 aromatic heterocycles. The zero-order valence-corrected chi connectivity index (χ0v) is 8.24. The van der Waals surface area contributed by atoms with Crippen LogP contribution in [0.15, 0.2) is 29.1 Å². The van der Waals surface area contributed by atoms with Crippen LogP contribution in [0.1, 0.15) is 5.69 Å². The molecule has 0 aliphatic rings. The largest absolute Gasteiger partial charge is 0.394 e. The first-order valence-electron chi connectivity index (χ1n) is 4.46. The fourth-order valence-electron chi connectivity index (χ4n) is 1.63. The standard InChI is InChI=1S/C11H12N2O/c1-7-10(12)11(14)8-5-3-4-6-9(8)13(7)2/h3-6H,12H2,1-2H3.